The highest BCUT2D eigenvalue weighted by Gasteiger charge is 2.10. The van der Waals surface area contributed by atoms with E-state index in [9.17, 15) is 9.59 Å². The number of nitrogens with zero attached hydrogens (tertiary/aromatic N) is 1. The maximum absolute atomic E-state index is 11.8. The van der Waals surface area contributed by atoms with Gasteiger partial charge >= 0.3 is 12.1 Å². The predicted molar refractivity (Wildman–Crippen MR) is 107 cm³/mol. The molecule has 146 valence electrons. The van der Waals surface area contributed by atoms with Gasteiger partial charge in [0.1, 0.15) is 12.6 Å². The first-order valence-electron chi connectivity index (χ1n) is 9.21. The maximum atomic E-state index is 11.8. The second-order valence-corrected chi connectivity index (χ2v) is 6.60. The van der Waals surface area contributed by atoms with Gasteiger partial charge in [-0.15, -0.1) is 0 Å². The minimum Gasteiger partial charge on any atom is -0.480 e. The molecule has 0 spiro atoms. The number of aliphatic carboxylic acids is 1. The van der Waals surface area contributed by atoms with Crippen LogP contribution in [0.1, 0.15) is 25.0 Å². The smallest absolute Gasteiger partial charge is 0.407 e. The summed E-state index contributed by atoms with van der Waals surface area (Å²) in [5.41, 5.74) is 6.98. The van der Waals surface area contributed by atoms with Crippen LogP contribution in [0.2, 0.25) is 0 Å². The molecule has 3 rings (SSSR count). The van der Waals surface area contributed by atoms with Gasteiger partial charge < -0.3 is 20.9 Å². The molecule has 0 radical (unpaired) electrons. The Balaban J connectivity index is 1.50. The van der Waals surface area contributed by atoms with Crippen LogP contribution < -0.4 is 11.1 Å². The second kappa shape index (κ2) is 9.14. The Bertz CT molecular complexity index is 990. The van der Waals surface area contributed by atoms with Crippen molar-refractivity contribution in [1.29, 1.82) is 0 Å². The lowest BCUT2D eigenvalue weighted by atomic mass is 10.1. The molecule has 3 aromatic rings. The van der Waals surface area contributed by atoms with E-state index in [4.69, 9.17) is 15.6 Å². The quantitative estimate of drug-likeness (QED) is 0.408. The number of rotatable bonds is 8. The van der Waals surface area contributed by atoms with E-state index in [2.05, 4.69) is 16.4 Å². The van der Waals surface area contributed by atoms with Crippen LogP contribution in [-0.4, -0.2) is 34.7 Å². The fourth-order valence-corrected chi connectivity index (χ4v) is 2.97. The van der Waals surface area contributed by atoms with Crippen molar-refractivity contribution >= 4 is 33.7 Å². The molecule has 28 heavy (non-hydrogen) atoms. The number of hydrogen-bond acceptors (Lipinski definition) is 5. The molecular weight excluding hydrogens is 358 g/mol. The van der Waals surface area contributed by atoms with Crippen molar-refractivity contribution in [1.82, 2.24) is 10.3 Å². The zero-order valence-corrected chi connectivity index (χ0v) is 15.4. The molecule has 1 unspecified atom stereocenters. The maximum Gasteiger partial charge on any atom is 0.407 e. The number of amides is 1. The summed E-state index contributed by atoms with van der Waals surface area (Å²) in [5.74, 6) is -1.01. The number of aromatic nitrogens is 1. The summed E-state index contributed by atoms with van der Waals surface area (Å²) < 4.78 is 5.22. The van der Waals surface area contributed by atoms with Gasteiger partial charge in [0.25, 0.3) is 0 Å². The van der Waals surface area contributed by atoms with Crippen LogP contribution in [0.25, 0.3) is 21.7 Å². The molecule has 1 amide bonds. The van der Waals surface area contributed by atoms with Crippen LogP contribution in [0, 0.1) is 0 Å². The SMILES string of the molecule is NC(CCCCNC(=O)OCc1ccc2ccc3ccccc3c2n1)C(=O)O. The Hall–Kier alpha value is -3.19. The van der Waals surface area contributed by atoms with Gasteiger partial charge in [-0.3, -0.25) is 4.79 Å². The molecular formula is C21H23N3O4. The Labute approximate surface area is 162 Å². The molecule has 7 heteroatoms. The van der Waals surface area contributed by atoms with E-state index in [1.807, 2.05) is 42.5 Å². The fourth-order valence-electron chi connectivity index (χ4n) is 2.97. The molecule has 0 bridgehead atoms. The number of fused-ring (bicyclic) bond motifs is 3. The van der Waals surface area contributed by atoms with Gasteiger partial charge in [-0.25, -0.2) is 9.78 Å². The first kappa shape index (κ1) is 19.6. The van der Waals surface area contributed by atoms with Crippen molar-refractivity contribution in [3.05, 3.63) is 54.2 Å². The van der Waals surface area contributed by atoms with Gasteiger partial charge in [-0.2, -0.15) is 0 Å². The second-order valence-electron chi connectivity index (χ2n) is 6.60. The van der Waals surface area contributed by atoms with Gasteiger partial charge in [-0.1, -0.05) is 42.5 Å². The van der Waals surface area contributed by atoms with Crippen LogP contribution in [0.4, 0.5) is 4.79 Å². The highest BCUT2D eigenvalue weighted by atomic mass is 16.5. The number of carbonyl (C=O) groups excluding carboxylic acids is 1. The zero-order valence-electron chi connectivity index (χ0n) is 15.4. The normalized spacial score (nSPS) is 12.0. The lowest BCUT2D eigenvalue weighted by Gasteiger charge is -2.09. The van der Waals surface area contributed by atoms with Gasteiger partial charge in [0.05, 0.1) is 11.2 Å². The van der Waals surface area contributed by atoms with Gasteiger partial charge in [0.2, 0.25) is 0 Å². The van der Waals surface area contributed by atoms with Crippen molar-refractivity contribution < 1.29 is 19.4 Å². The molecule has 0 fully saturated rings. The van der Waals surface area contributed by atoms with Crippen LogP contribution in [0.3, 0.4) is 0 Å². The predicted octanol–water partition coefficient (Wildman–Crippen LogP) is 3.20. The van der Waals surface area contributed by atoms with Crippen LogP contribution in [0.5, 0.6) is 0 Å². The summed E-state index contributed by atoms with van der Waals surface area (Å²) in [6.07, 6.45) is 1.10. The monoisotopic (exact) mass is 381 g/mol. The number of carboxylic acids is 1. The van der Waals surface area contributed by atoms with Crippen molar-refractivity contribution in [2.45, 2.75) is 31.9 Å². The zero-order chi connectivity index (χ0) is 19.9. The molecule has 2 aromatic carbocycles. The standard InChI is InChI=1S/C21H23N3O4/c22-18(20(25)26)7-3-4-12-23-21(27)28-13-16-11-10-15-9-8-14-5-1-2-6-17(14)19(15)24-16/h1-2,5-6,8-11,18H,3-4,7,12-13,22H2,(H,23,27)(H,25,26). The van der Waals surface area contributed by atoms with Gasteiger partial charge in [0, 0.05) is 17.3 Å². The van der Waals surface area contributed by atoms with Crippen LogP contribution in [-0.2, 0) is 16.1 Å². The summed E-state index contributed by atoms with van der Waals surface area (Å²) >= 11 is 0. The average molecular weight is 381 g/mol. The molecule has 0 saturated heterocycles. The Morgan fingerprint density at radius 1 is 1.07 bits per heavy atom. The number of carbonyl (C=O) groups is 2. The number of benzene rings is 2. The topological polar surface area (TPSA) is 115 Å². The number of unbranched alkanes of at least 4 members (excludes halogenated alkanes) is 1. The minimum absolute atomic E-state index is 0.0783. The summed E-state index contributed by atoms with van der Waals surface area (Å²) in [5, 5.41) is 14.6. The van der Waals surface area contributed by atoms with E-state index in [1.165, 1.54) is 0 Å². The van der Waals surface area contributed by atoms with Crippen LogP contribution in [0.15, 0.2) is 48.5 Å². The van der Waals surface area contributed by atoms with Crippen molar-refractivity contribution in [3.8, 4) is 0 Å². The number of pyridine rings is 1. The number of ether oxygens (including phenoxy) is 1. The van der Waals surface area contributed by atoms with E-state index in [0.29, 0.717) is 31.5 Å². The number of hydrogen-bond donors (Lipinski definition) is 3. The Morgan fingerprint density at radius 3 is 2.64 bits per heavy atom. The largest absolute Gasteiger partial charge is 0.480 e. The number of nitrogens with one attached hydrogen (secondary N) is 1. The third kappa shape index (κ3) is 4.95. The number of carboxylic acid groups (broad SMARTS) is 1. The molecule has 1 atom stereocenters. The van der Waals surface area contributed by atoms with Gasteiger partial charge in [-0.05, 0) is 30.7 Å². The third-order valence-electron chi connectivity index (χ3n) is 4.52. The van der Waals surface area contributed by atoms with E-state index in [-0.39, 0.29) is 6.61 Å². The summed E-state index contributed by atoms with van der Waals surface area (Å²) in [7, 11) is 0. The highest BCUT2D eigenvalue weighted by Crippen LogP contribution is 2.24. The van der Waals surface area contributed by atoms with Crippen LogP contribution >= 0.6 is 0 Å². The number of nitrogens with two attached hydrogens (primary N) is 1. The molecule has 0 aliphatic carbocycles. The minimum atomic E-state index is -1.01. The summed E-state index contributed by atoms with van der Waals surface area (Å²) in [6.45, 7) is 0.482. The highest BCUT2D eigenvalue weighted by molar-refractivity contribution is 6.05. The molecule has 1 heterocycles. The van der Waals surface area contributed by atoms with E-state index in [0.717, 1.165) is 21.7 Å². The average Bonchev–Trinajstić information content (AvgIpc) is 2.71. The first-order chi connectivity index (χ1) is 13.5. The van der Waals surface area contributed by atoms with Crippen molar-refractivity contribution in [2.24, 2.45) is 5.73 Å². The van der Waals surface area contributed by atoms with E-state index in [1.54, 1.807) is 0 Å². The van der Waals surface area contributed by atoms with Crippen molar-refractivity contribution in [3.63, 3.8) is 0 Å². The van der Waals surface area contributed by atoms with Gasteiger partial charge in [0.15, 0.2) is 0 Å². The Morgan fingerprint density at radius 2 is 1.82 bits per heavy atom. The number of alkyl carbamates (subject to hydrolysis) is 1. The lowest BCUT2D eigenvalue weighted by molar-refractivity contribution is -0.138. The van der Waals surface area contributed by atoms with E-state index < -0.39 is 18.1 Å². The van der Waals surface area contributed by atoms with Crippen molar-refractivity contribution in [2.75, 3.05) is 6.54 Å². The molecule has 1 aromatic heterocycles. The Kier molecular flexibility index (Phi) is 6.39. The summed E-state index contributed by atoms with van der Waals surface area (Å²) in [6, 6.07) is 15.1. The molecule has 0 saturated carbocycles. The fraction of sp³-hybridized carbons (Fsp3) is 0.286. The lowest BCUT2D eigenvalue weighted by Crippen LogP contribution is -2.30. The molecule has 4 N–H and O–H groups in total. The molecule has 0 aliphatic rings. The third-order valence-corrected chi connectivity index (χ3v) is 4.52. The summed E-state index contributed by atoms with van der Waals surface area (Å²) in [4.78, 5) is 27.1. The van der Waals surface area contributed by atoms with E-state index >= 15 is 0 Å². The first-order valence-corrected chi connectivity index (χ1v) is 9.21. The molecule has 7 nitrogen and oxygen atoms in total. The molecule has 0 aliphatic heterocycles.